The van der Waals surface area contributed by atoms with E-state index in [1.807, 2.05) is 60.7 Å². The lowest BCUT2D eigenvalue weighted by molar-refractivity contribution is 0.168. The third-order valence-electron chi connectivity index (χ3n) is 4.73. The van der Waals surface area contributed by atoms with Gasteiger partial charge in [-0.2, -0.15) is 0 Å². The van der Waals surface area contributed by atoms with E-state index in [0.29, 0.717) is 17.7 Å². The largest absolute Gasteiger partial charge is 0.388 e. The minimum Gasteiger partial charge on any atom is -0.388 e. The molecule has 2 heterocycles. The van der Waals surface area contributed by atoms with Gasteiger partial charge in [0.25, 0.3) is 5.56 Å². The lowest BCUT2D eigenvalue weighted by Gasteiger charge is -2.09. The number of aliphatic hydroxyl groups is 1. The number of nitrogens with zero attached hydrogens (tertiary/aromatic N) is 2. The highest BCUT2D eigenvalue weighted by Crippen LogP contribution is 2.22. The Kier molecular flexibility index (Phi) is 5.23. The highest BCUT2D eigenvalue weighted by Gasteiger charge is 2.12. The van der Waals surface area contributed by atoms with Crippen molar-refractivity contribution in [3.8, 4) is 0 Å². The van der Waals surface area contributed by atoms with Gasteiger partial charge in [-0.15, -0.1) is 11.3 Å². The summed E-state index contributed by atoms with van der Waals surface area (Å²) >= 11 is 1.42. The maximum atomic E-state index is 12.8. The van der Waals surface area contributed by atoms with Gasteiger partial charge >= 0.3 is 5.69 Å². The summed E-state index contributed by atoms with van der Waals surface area (Å²) in [6, 6.07) is 20.5. The predicted octanol–water partition coefficient (Wildman–Crippen LogP) is 3.24. The number of hydrogen-bond donors (Lipinski definition) is 1. The van der Waals surface area contributed by atoms with Crippen molar-refractivity contribution >= 4 is 16.2 Å². The van der Waals surface area contributed by atoms with Crippen molar-refractivity contribution in [2.24, 2.45) is 0 Å². The molecule has 1 unspecified atom stereocenters. The summed E-state index contributed by atoms with van der Waals surface area (Å²) in [7, 11) is 0. The fourth-order valence-electron chi connectivity index (χ4n) is 3.22. The number of aliphatic hydroxyl groups excluding tert-OH is 1. The fraction of sp³-hybridized carbons (Fsp3) is 0.182. The molecule has 4 aromatic rings. The maximum Gasteiger partial charge on any atom is 0.336 e. The van der Waals surface area contributed by atoms with Gasteiger partial charge in [-0.05, 0) is 24.0 Å². The van der Waals surface area contributed by atoms with Crippen LogP contribution in [-0.4, -0.2) is 14.1 Å². The van der Waals surface area contributed by atoms with Crippen LogP contribution in [0.15, 0.2) is 82.5 Å². The van der Waals surface area contributed by atoms with Gasteiger partial charge in [0.15, 0.2) is 0 Å². The molecule has 0 amide bonds. The van der Waals surface area contributed by atoms with Crippen molar-refractivity contribution in [2.45, 2.75) is 25.5 Å². The van der Waals surface area contributed by atoms with Gasteiger partial charge in [-0.1, -0.05) is 60.7 Å². The van der Waals surface area contributed by atoms with E-state index in [-0.39, 0.29) is 17.8 Å². The molecule has 6 heteroatoms. The average molecular weight is 392 g/mol. The van der Waals surface area contributed by atoms with Gasteiger partial charge < -0.3 is 5.11 Å². The van der Waals surface area contributed by atoms with Gasteiger partial charge in [-0.3, -0.25) is 13.8 Å². The second kappa shape index (κ2) is 7.96. The Hall–Kier alpha value is -2.96. The van der Waals surface area contributed by atoms with E-state index in [9.17, 15) is 14.7 Å². The SMILES string of the molecule is O=c1cc2sc(CCC(O)c3ccccc3)cn2c(=O)n1Cc1ccccc1. The van der Waals surface area contributed by atoms with Crippen LogP contribution in [0.5, 0.6) is 0 Å². The summed E-state index contributed by atoms with van der Waals surface area (Å²) in [5.74, 6) is 0. The summed E-state index contributed by atoms with van der Waals surface area (Å²) in [6.45, 7) is 0.249. The summed E-state index contributed by atoms with van der Waals surface area (Å²) in [6.07, 6.45) is 2.41. The number of rotatable bonds is 6. The molecule has 2 aromatic heterocycles. The lowest BCUT2D eigenvalue weighted by Crippen LogP contribution is -2.36. The Morgan fingerprint density at radius 2 is 1.64 bits per heavy atom. The average Bonchev–Trinajstić information content (AvgIpc) is 3.14. The van der Waals surface area contributed by atoms with Crippen molar-refractivity contribution < 1.29 is 5.11 Å². The first kappa shape index (κ1) is 18.4. The molecule has 0 aliphatic heterocycles. The van der Waals surface area contributed by atoms with E-state index in [2.05, 4.69) is 0 Å². The van der Waals surface area contributed by atoms with Crippen LogP contribution >= 0.6 is 11.3 Å². The van der Waals surface area contributed by atoms with Gasteiger partial charge in [-0.25, -0.2) is 4.79 Å². The molecule has 4 rings (SSSR count). The smallest absolute Gasteiger partial charge is 0.336 e. The minimum absolute atomic E-state index is 0.249. The van der Waals surface area contributed by atoms with Crippen molar-refractivity contribution in [3.63, 3.8) is 0 Å². The van der Waals surface area contributed by atoms with Crippen molar-refractivity contribution in [1.29, 1.82) is 0 Å². The third kappa shape index (κ3) is 3.83. The van der Waals surface area contributed by atoms with Crippen LogP contribution in [0.25, 0.3) is 4.83 Å². The summed E-state index contributed by atoms with van der Waals surface area (Å²) < 4.78 is 2.77. The Balaban J connectivity index is 1.58. The van der Waals surface area contributed by atoms with Crippen molar-refractivity contribution in [2.75, 3.05) is 0 Å². The predicted molar refractivity (Wildman–Crippen MR) is 111 cm³/mol. The first-order valence-electron chi connectivity index (χ1n) is 9.13. The van der Waals surface area contributed by atoms with Crippen LogP contribution in [0.1, 0.15) is 28.5 Å². The molecule has 0 fully saturated rings. The van der Waals surface area contributed by atoms with Gasteiger partial charge in [0.05, 0.1) is 12.6 Å². The van der Waals surface area contributed by atoms with E-state index in [1.165, 1.54) is 26.4 Å². The molecule has 5 nitrogen and oxygen atoms in total. The molecule has 28 heavy (non-hydrogen) atoms. The van der Waals surface area contributed by atoms with E-state index < -0.39 is 6.10 Å². The minimum atomic E-state index is -0.554. The molecule has 0 bridgehead atoms. The van der Waals surface area contributed by atoms with Crippen LogP contribution in [0.2, 0.25) is 0 Å². The highest BCUT2D eigenvalue weighted by atomic mass is 32.1. The molecular weight excluding hydrogens is 372 g/mol. The molecule has 0 saturated heterocycles. The Labute approximate surface area is 165 Å². The monoisotopic (exact) mass is 392 g/mol. The molecule has 0 spiro atoms. The van der Waals surface area contributed by atoms with Gasteiger partial charge in [0, 0.05) is 17.1 Å². The Bertz CT molecular complexity index is 1190. The standard InChI is InChI=1S/C22H20N2O3S/c25-19(17-9-5-2-6-10-17)12-11-18-15-24-21(28-18)13-20(26)23(22(24)27)14-16-7-3-1-4-8-16/h1-10,13,15,19,25H,11-12,14H2. The van der Waals surface area contributed by atoms with Crippen LogP contribution in [0, 0.1) is 0 Å². The maximum absolute atomic E-state index is 12.8. The van der Waals surface area contributed by atoms with Crippen LogP contribution in [-0.2, 0) is 13.0 Å². The Morgan fingerprint density at radius 3 is 2.36 bits per heavy atom. The number of aryl methyl sites for hydroxylation is 1. The number of hydrogen-bond acceptors (Lipinski definition) is 4. The first-order valence-corrected chi connectivity index (χ1v) is 9.95. The van der Waals surface area contributed by atoms with E-state index in [4.69, 9.17) is 0 Å². The second-order valence-electron chi connectivity index (χ2n) is 6.71. The normalized spacial score (nSPS) is 12.3. The third-order valence-corrected chi connectivity index (χ3v) is 5.82. The Morgan fingerprint density at radius 1 is 0.964 bits per heavy atom. The molecular formula is C22H20N2O3S. The zero-order valence-electron chi connectivity index (χ0n) is 15.2. The molecule has 1 atom stereocenters. The summed E-state index contributed by atoms with van der Waals surface area (Å²) in [5, 5.41) is 10.3. The molecule has 142 valence electrons. The lowest BCUT2D eigenvalue weighted by atomic mass is 10.0. The molecule has 0 radical (unpaired) electrons. The van der Waals surface area contributed by atoms with Crippen molar-refractivity contribution in [3.05, 3.63) is 110 Å². The van der Waals surface area contributed by atoms with E-state index in [0.717, 1.165) is 16.0 Å². The van der Waals surface area contributed by atoms with Crippen molar-refractivity contribution in [1.82, 2.24) is 8.97 Å². The molecule has 2 aromatic carbocycles. The number of benzene rings is 2. The number of aromatic nitrogens is 2. The van der Waals surface area contributed by atoms with Crippen LogP contribution in [0.4, 0.5) is 0 Å². The highest BCUT2D eigenvalue weighted by molar-refractivity contribution is 7.17. The number of fused-ring (bicyclic) bond motifs is 1. The summed E-state index contributed by atoms with van der Waals surface area (Å²) in [4.78, 5) is 26.8. The summed E-state index contributed by atoms with van der Waals surface area (Å²) in [5.41, 5.74) is 1.15. The van der Waals surface area contributed by atoms with E-state index >= 15 is 0 Å². The van der Waals surface area contributed by atoms with E-state index in [1.54, 1.807) is 6.20 Å². The van der Waals surface area contributed by atoms with Gasteiger partial charge in [0.1, 0.15) is 4.83 Å². The molecule has 0 saturated carbocycles. The molecule has 1 N–H and O–H groups in total. The zero-order chi connectivity index (χ0) is 19.5. The van der Waals surface area contributed by atoms with Crippen LogP contribution in [0.3, 0.4) is 0 Å². The fourth-order valence-corrected chi connectivity index (χ4v) is 4.26. The second-order valence-corrected chi connectivity index (χ2v) is 7.85. The van der Waals surface area contributed by atoms with Crippen LogP contribution < -0.4 is 11.2 Å². The molecule has 0 aliphatic rings. The van der Waals surface area contributed by atoms with Gasteiger partial charge in [0.2, 0.25) is 0 Å². The number of thiazole rings is 1. The zero-order valence-corrected chi connectivity index (χ0v) is 16.0. The molecule has 0 aliphatic carbocycles. The topological polar surface area (TPSA) is 63.7 Å². The first-order chi connectivity index (χ1) is 13.6. The quantitative estimate of drug-likeness (QED) is 0.548.